The Morgan fingerprint density at radius 3 is 2.60 bits per heavy atom. The molecule has 0 fully saturated rings. The molecule has 2 rings (SSSR count). The lowest BCUT2D eigenvalue weighted by atomic mass is 10.1. The van der Waals surface area contributed by atoms with Crippen LogP contribution in [0.2, 0.25) is 0 Å². The maximum atomic E-state index is 5.62. The Balaban J connectivity index is 2.12. The van der Waals surface area contributed by atoms with Gasteiger partial charge in [0, 0.05) is 12.4 Å². The van der Waals surface area contributed by atoms with E-state index in [9.17, 15) is 0 Å². The lowest BCUT2D eigenvalue weighted by Crippen LogP contribution is -2.24. The summed E-state index contributed by atoms with van der Waals surface area (Å²) in [7, 11) is 0. The molecular weight excluding hydrogens is 250 g/mol. The van der Waals surface area contributed by atoms with Gasteiger partial charge in [-0.2, -0.15) is 0 Å². The van der Waals surface area contributed by atoms with Gasteiger partial charge in [-0.15, -0.1) is 0 Å². The highest BCUT2D eigenvalue weighted by atomic mass is 16.5. The zero-order valence-corrected chi connectivity index (χ0v) is 12.2. The number of nitrogens with one attached hydrogen (secondary N) is 2. The molecule has 1 atom stereocenters. The van der Waals surface area contributed by atoms with E-state index in [0.29, 0.717) is 0 Å². The fourth-order valence-electron chi connectivity index (χ4n) is 2.07. The second-order valence-electron chi connectivity index (χ2n) is 4.78. The van der Waals surface area contributed by atoms with Gasteiger partial charge in [0.05, 0.1) is 12.6 Å². The predicted molar refractivity (Wildman–Crippen MR) is 81.0 cm³/mol. The quantitative estimate of drug-likeness (QED) is 0.776. The molecule has 0 radical (unpaired) electrons. The largest absolute Gasteiger partial charge is 0.494 e. The SMILES string of the molecule is CCCNC(c1ccc(OCCC)cc1)c1ncc[nH]1. The summed E-state index contributed by atoms with van der Waals surface area (Å²) in [4.78, 5) is 7.56. The molecule has 0 bridgehead atoms. The number of nitrogens with zero attached hydrogens (tertiary/aromatic N) is 1. The molecule has 1 unspecified atom stereocenters. The van der Waals surface area contributed by atoms with Crippen LogP contribution in [0.4, 0.5) is 0 Å². The zero-order chi connectivity index (χ0) is 14.2. The van der Waals surface area contributed by atoms with E-state index < -0.39 is 0 Å². The molecule has 1 aromatic carbocycles. The minimum Gasteiger partial charge on any atom is -0.494 e. The van der Waals surface area contributed by atoms with E-state index in [1.807, 2.05) is 18.3 Å². The average Bonchev–Trinajstić information content (AvgIpc) is 3.01. The van der Waals surface area contributed by atoms with Gasteiger partial charge in [-0.1, -0.05) is 26.0 Å². The van der Waals surface area contributed by atoms with Gasteiger partial charge in [-0.3, -0.25) is 0 Å². The van der Waals surface area contributed by atoms with Gasteiger partial charge in [0.2, 0.25) is 0 Å². The van der Waals surface area contributed by atoms with Crippen molar-refractivity contribution in [1.82, 2.24) is 15.3 Å². The molecule has 1 aromatic heterocycles. The van der Waals surface area contributed by atoms with E-state index in [2.05, 4.69) is 41.3 Å². The molecule has 0 aliphatic rings. The molecule has 108 valence electrons. The summed E-state index contributed by atoms with van der Waals surface area (Å²) in [6, 6.07) is 8.34. The van der Waals surface area contributed by atoms with Crippen LogP contribution in [0, 0.1) is 0 Å². The molecule has 0 saturated carbocycles. The van der Waals surface area contributed by atoms with Gasteiger partial charge in [-0.05, 0) is 37.1 Å². The first-order chi connectivity index (χ1) is 9.85. The second-order valence-corrected chi connectivity index (χ2v) is 4.78. The number of hydrogen-bond acceptors (Lipinski definition) is 3. The van der Waals surface area contributed by atoms with E-state index in [1.54, 1.807) is 6.20 Å². The van der Waals surface area contributed by atoms with Crippen LogP contribution >= 0.6 is 0 Å². The lowest BCUT2D eigenvalue weighted by Gasteiger charge is -2.17. The van der Waals surface area contributed by atoms with Crippen molar-refractivity contribution < 1.29 is 4.74 Å². The first-order valence-corrected chi connectivity index (χ1v) is 7.30. The monoisotopic (exact) mass is 273 g/mol. The molecule has 2 N–H and O–H groups in total. The molecule has 4 heteroatoms. The summed E-state index contributed by atoms with van der Waals surface area (Å²) in [6.45, 7) is 5.98. The maximum absolute atomic E-state index is 5.62. The van der Waals surface area contributed by atoms with Crippen molar-refractivity contribution in [3.63, 3.8) is 0 Å². The van der Waals surface area contributed by atoms with Crippen LogP contribution in [0.3, 0.4) is 0 Å². The van der Waals surface area contributed by atoms with Crippen molar-refractivity contribution >= 4 is 0 Å². The molecule has 0 saturated heterocycles. The normalized spacial score (nSPS) is 12.3. The van der Waals surface area contributed by atoms with Crippen LogP contribution in [0.1, 0.15) is 44.1 Å². The van der Waals surface area contributed by atoms with Crippen molar-refractivity contribution in [3.05, 3.63) is 48.0 Å². The number of benzene rings is 1. The Hall–Kier alpha value is -1.81. The van der Waals surface area contributed by atoms with Crippen LogP contribution in [0.5, 0.6) is 5.75 Å². The Bertz CT molecular complexity index is 479. The number of hydrogen-bond donors (Lipinski definition) is 2. The Labute approximate surface area is 120 Å². The number of aromatic nitrogens is 2. The van der Waals surface area contributed by atoms with Gasteiger partial charge in [0.15, 0.2) is 0 Å². The topological polar surface area (TPSA) is 49.9 Å². The minimum atomic E-state index is 0.102. The van der Waals surface area contributed by atoms with Crippen LogP contribution in [-0.2, 0) is 0 Å². The highest BCUT2D eigenvalue weighted by Gasteiger charge is 2.15. The summed E-state index contributed by atoms with van der Waals surface area (Å²) in [5.74, 6) is 1.87. The summed E-state index contributed by atoms with van der Waals surface area (Å²) in [5, 5.41) is 3.52. The van der Waals surface area contributed by atoms with Crippen molar-refractivity contribution in [2.24, 2.45) is 0 Å². The highest BCUT2D eigenvalue weighted by Crippen LogP contribution is 2.22. The first kappa shape index (κ1) is 14.6. The molecule has 0 spiro atoms. The van der Waals surface area contributed by atoms with Crippen LogP contribution < -0.4 is 10.1 Å². The van der Waals surface area contributed by atoms with Crippen molar-refractivity contribution in [2.45, 2.75) is 32.7 Å². The molecule has 1 heterocycles. The number of ether oxygens (including phenoxy) is 1. The van der Waals surface area contributed by atoms with Crippen LogP contribution in [0.25, 0.3) is 0 Å². The second kappa shape index (κ2) is 7.70. The molecule has 0 amide bonds. The van der Waals surface area contributed by atoms with Gasteiger partial charge in [0.25, 0.3) is 0 Å². The zero-order valence-electron chi connectivity index (χ0n) is 12.2. The maximum Gasteiger partial charge on any atom is 0.127 e. The molecular formula is C16H23N3O. The first-order valence-electron chi connectivity index (χ1n) is 7.30. The Kier molecular flexibility index (Phi) is 5.62. The molecule has 0 aliphatic heterocycles. The van der Waals surface area contributed by atoms with Gasteiger partial charge < -0.3 is 15.0 Å². The molecule has 0 aliphatic carbocycles. The van der Waals surface area contributed by atoms with Gasteiger partial charge in [0.1, 0.15) is 11.6 Å². The smallest absolute Gasteiger partial charge is 0.127 e. The third kappa shape index (κ3) is 3.84. The number of H-pyrrole nitrogens is 1. The lowest BCUT2D eigenvalue weighted by molar-refractivity contribution is 0.317. The summed E-state index contributed by atoms with van der Waals surface area (Å²) in [6.07, 6.45) is 5.76. The van der Waals surface area contributed by atoms with Crippen LogP contribution in [-0.4, -0.2) is 23.1 Å². The number of rotatable bonds is 8. The number of aromatic amines is 1. The highest BCUT2D eigenvalue weighted by molar-refractivity contribution is 5.32. The van der Waals surface area contributed by atoms with E-state index in [0.717, 1.165) is 37.6 Å². The van der Waals surface area contributed by atoms with E-state index in [-0.39, 0.29) is 6.04 Å². The van der Waals surface area contributed by atoms with Gasteiger partial charge >= 0.3 is 0 Å². The predicted octanol–water partition coefficient (Wildman–Crippen LogP) is 3.29. The fourth-order valence-corrected chi connectivity index (χ4v) is 2.07. The third-order valence-electron chi connectivity index (χ3n) is 3.08. The standard InChI is InChI=1S/C16H23N3O/c1-3-9-17-15(16-18-10-11-19-16)13-5-7-14(8-6-13)20-12-4-2/h5-8,10-11,15,17H,3-4,9,12H2,1-2H3,(H,18,19). The fraction of sp³-hybridized carbons (Fsp3) is 0.438. The number of imidazole rings is 1. The average molecular weight is 273 g/mol. The minimum absolute atomic E-state index is 0.102. The summed E-state index contributed by atoms with van der Waals surface area (Å²) >= 11 is 0. The van der Waals surface area contributed by atoms with Crippen LogP contribution in [0.15, 0.2) is 36.7 Å². The van der Waals surface area contributed by atoms with Crippen molar-refractivity contribution in [1.29, 1.82) is 0 Å². The Morgan fingerprint density at radius 2 is 2.00 bits per heavy atom. The van der Waals surface area contributed by atoms with E-state index >= 15 is 0 Å². The van der Waals surface area contributed by atoms with Gasteiger partial charge in [-0.25, -0.2) is 4.98 Å². The summed E-state index contributed by atoms with van der Waals surface area (Å²) in [5.41, 5.74) is 1.19. The van der Waals surface area contributed by atoms with Crippen molar-refractivity contribution in [3.8, 4) is 5.75 Å². The van der Waals surface area contributed by atoms with E-state index in [4.69, 9.17) is 4.74 Å². The van der Waals surface area contributed by atoms with Crippen molar-refractivity contribution in [2.75, 3.05) is 13.2 Å². The van der Waals surface area contributed by atoms with E-state index in [1.165, 1.54) is 5.56 Å². The molecule has 20 heavy (non-hydrogen) atoms. The third-order valence-corrected chi connectivity index (χ3v) is 3.08. The summed E-state index contributed by atoms with van der Waals surface area (Å²) < 4.78 is 5.62. The Morgan fingerprint density at radius 1 is 1.20 bits per heavy atom. The molecule has 4 nitrogen and oxygen atoms in total. The molecule has 2 aromatic rings.